The number of carbonyl (C=O) groups is 1. The molecule has 5 nitrogen and oxygen atoms in total. The Balaban J connectivity index is 1.76. The number of sulfonamides is 1. The van der Waals surface area contributed by atoms with Gasteiger partial charge in [0.25, 0.3) is 10.0 Å². The summed E-state index contributed by atoms with van der Waals surface area (Å²) >= 11 is 19.7. The maximum absolute atomic E-state index is 13.2. The van der Waals surface area contributed by atoms with Crippen molar-refractivity contribution in [3.63, 3.8) is 0 Å². The zero-order chi connectivity index (χ0) is 23.8. The highest BCUT2D eigenvalue weighted by atomic mass is 35.5. The van der Waals surface area contributed by atoms with Crippen molar-refractivity contribution in [3.05, 3.63) is 56.5 Å². The minimum absolute atomic E-state index is 0.0123. The average Bonchev–Trinajstić information content (AvgIpc) is 3.21. The van der Waals surface area contributed by atoms with Crippen molar-refractivity contribution in [2.24, 2.45) is 11.8 Å². The molecule has 1 aliphatic carbocycles. The van der Waals surface area contributed by atoms with Crippen LogP contribution in [-0.4, -0.2) is 20.9 Å². The number of nitrogens with one attached hydrogen (secondary N) is 2. The molecule has 0 radical (unpaired) electrons. The van der Waals surface area contributed by atoms with Crippen LogP contribution in [0.15, 0.2) is 35.2 Å². The van der Waals surface area contributed by atoms with E-state index in [2.05, 4.69) is 10.0 Å². The molecule has 2 fully saturated rings. The van der Waals surface area contributed by atoms with E-state index in [-0.39, 0.29) is 39.3 Å². The molecule has 2 atom stereocenters. The van der Waals surface area contributed by atoms with Crippen LogP contribution >= 0.6 is 34.8 Å². The minimum Gasteiger partial charge on any atom is -0.356 e. The van der Waals surface area contributed by atoms with Crippen LogP contribution in [0.3, 0.4) is 0 Å². The van der Waals surface area contributed by atoms with Gasteiger partial charge in [-0.25, -0.2) is 8.42 Å². The summed E-state index contributed by atoms with van der Waals surface area (Å²) < 4.78 is 29.0. The molecule has 9 heteroatoms. The van der Waals surface area contributed by atoms with Crippen molar-refractivity contribution in [3.8, 4) is 0 Å². The van der Waals surface area contributed by atoms with Gasteiger partial charge in [0, 0.05) is 28.4 Å². The second kappa shape index (κ2) is 10.0. The lowest BCUT2D eigenvalue weighted by Crippen LogP contribution is -2.30. The molecule has 1 saturated carbocycles. The summed E-state index contributed by atoms with van der Waals surface area (Å²) in [5, 5.41) is 4.01. The summed E-state index contributed by atoms with van der Waals surface area (Å²) in [6, 6.07) is 7.97. The summed E-state index contributed by atoms with van der Waals surface area (Å²) in [6.45, 7) is 2.28. The van der Waals surface area contributed by atoms with Crippen molar-refractivity contribution in [2.75, 3.05) is 11.3 Å². The third-order valence-corrected chi connectivity index (χ3v) is 9.55. The molecule has 1 saturated heterocycles. The van der Waals surface area contributed by atoms with Gasteiger partial charge in [-0.05, 0) is 67.5 Å². The van der Waals surface area contributed by atoms with Crippen LogP contribution in [0.25, 0.3) is 0 Å². The molecule has 2 aromatic carbocycles. The van der Waals surface area contributed by atoms with Crippen LogP contribution in [0.1, 0.15) is 55.6 Å². The number of benzene rings is 2. The maximum atomic E-state index is 13.2. The number of carbonyl (C=O) groups excluding carboxylic acids is 1. The Kier molecular flexibility index (Phi) is 7.49. The molecule has 2 aliphatic rings. The van der Waals surface area contributed by atoms with E-state index in [4.69, 9.17) is 34.8 Å². The molecule has 1 amide bonds. The lowest BCUT2D eigenvalue weighted by Gasteiger charge is -2.35. The van der Waals surface area contributed by atoms with E-state index in [9.17, 15) is 13.2 Å². The number of halogens is 3. The van der Waals surface area contributed by atoms with E-state index >= 15 is 0 Å². The van der Waals surface area contributed by atoms with Gasteiger partial charge in [0.15, 0.2) is 0 Å². The number of anilines is 1. The van der Waals surface area contributed by atoms with E-state index in [0.717, 1.165) is 25.7 Å². The zero-order valence-corrected chi connectivity index (χ0v) is 21.4. The van der Waals surface area contributed by atoms with Gasteiger partial charge >= 0.3 is 0 Å². The van der Waals surface area contributed by atoms with Gasteiger partial charge in [0.1, 0.15) is 0 Å². The van der Waals surface area contributed by atoms with Gasteiger partial charge in [-0.2, -0.15) is 0 Å². The molecule has 2 unspecified atom stereocenters. The van der Waals surface area contributed by atoms with Crippen molar-refractivity contribution in [1.82, 2.24) is 5.32 Å². The molecular formula is C24H27Cl3N2O3S. The molecule has 2 N–H and O–H groups in total. The Morgan fingerprint density at radius 1 is 1.00 bits per heavy atom. The monoisotopic (exact) mass is 528 g/mol. The topological polar surface area (TPSA) is 75.3 Å². The Labute approximate surface area is 210 Å². The smallest absolute Gasteiger partial charge is 0.262 e. The first-order valence-electron chi connectivity index (χ1n) is 11.2. The van der Waals surface area contributed by atoms with Gasteiger partial charge in [-0.3, -0.25) is 9.52 Å². The van der Waals surface area contributed by atoms with Crippen molar-refractivity contribution < 1.29 is 13.2 Å². The lowest BCUT2D eigenvalue weighted by molar-refractivity contribution is -0.123. The summed E-state index contributed by atoms with van der Waals surface area (Å²) in [7, 11) is -3.94. The first-order valence-corrected chi connectivity index (χ1v) is 13.9. The summed E-state index contributed by atoms with van der Waals surface area (Å²) in [5.41, 5.74) is 1.37. The second-order valence-electron chi connectivity index (χ2n) is 8.90. The molecule has 0 aromatic heterocycles. The highest BCUT2D eigenvalue weighted by Gasteiger charge is 2.40. The summed E-state index contributed by atoms with van der Waals surface area (Å²) in [6.07, 6.45) is 6.10. The fourth-order valence-corrected chi connectivity index (χ4v) is 7.54. The molecule has 2 aromatic rings. The van der Waals surface area contributed by atoms with Crippen LogP contribution in [0.4, 0.5) is 5.69 Å². The number of rotatable bonds is 6. The van der Waals surface area contributed by atoms with Crippen LogP contribution < -0.4 is 10.0 Å². The number of hydrogen-bond donors (Lipinski definition) is 2. The minimum atomic E-state index is -3.94. The standard InChI is InChI=1S/C24H27Cl3N2O3S/c1-14-17(25)8-5-9-20(14)33(31,32)29-19-11-10-18(26)22(23(19)27)21(15-6-3-2-4-7-15)16-12-13-28-24(16)30/h5,8-11,15-16,21,29H,2-4,6-7,12-13H2,1H3,(H,28,30). The third-order valence-electron chi connectivity index (χ3n) is 6.89. The predicted octanol–water partition coefficient (Wildman–Crippen LogP) is 6.56. The van der Waals surface area contributed by atoms with Crippen molar-refractivity contribution >= 4 is 56.4 Å². The normalized spacial score (nSPS) is 20.5. The van der Waals surface area contributed by atoms with Crippen LogP contribution in [0.2, 0.25) is 15.1 Å². The molecular weight excluding hydrogens is 503 g/mol. The summed E-state index contributed by atoms with van der Waals surface area (Å²) in [5.74, 6) is -0.113. The Morgan fingerprint density at radius 3 is 2.39 bits per heavy atom. The van der Waals surface area contributed by atoms with Gasteiger partial charge in [-0.15, -0.1) is 0 Å². The van der Waals surface area contributed by atoms with Crippen LogP contribution in [-0.2, 0) is 14.8 Å². The van der Waals surface area contributed by atoms with E-state index in [0.29, 0.717) is 34.1 Å². The Morgan fingerprint density at radius 2 is 1.73 bits per heavy atom. The molecule has 0 spiro atoms. The largest absolute Gasteiger partial charge is 0.356 e. The third kappa shape index (κ3) is 5.00. The van der Waals surface area contributed by atoms with E-state index in [1.54, 1.807) is 31.2 Å². The average molecular weight is 530 g/mol. The van der Waals surface area contributed by atoms with Gasteiger partial charge in [0.2, 0.25) is 5.91 Å². The van der Waals surface area contributed by atoms with Gasteiger partial charge in [-0.1, -0.05) is 60.1 Å². The highest BCUT2D eigenvalue weighted by molar-refractivity contribution is 7.92. The van der Waals surface area contributed by atoms with Gasteiger partial charge < -0.3 is 5.32 Å². The second-order valence-corrected chi connectivity index (χ2v) is 11.7. The first kappa shape index (κ1) is 24.6. The lowest BCUT2D eigenvalue weighted by atomic mass is 9.70. The Hall–Kier alpha value is -1.47. The van der Waals surface area contributed by atoms with E-state index in [1.807, 2.05) is 0 Å². The van der Waals surface area contributed by atoms with E-state index < -0.39 is 10.0 Å². The number of amides is 1. The Bertz CT molecular complexity index is 1160. The molecule has 1 heterocycles. The predicted molar refractivity (Wildman–Crippen MR) is 134 cm³/mol. The van der Waals surface area contributed by atoms with E-state index in [1.165, 1.54) is 12.5 Å². The van der Waals surface area contributed by atoms with Crippen molar-refractivity contribution in [1.29, 1.82) is 0 Å². The fraction of sp³-hybridized carbons (Fsp3) is 0.458. The maximum Gasteiger partial charge on any atom is 0.262 e. The van der Waals surface area contributed by atoms with Gasteiger partial charge in [0.05, 0.1) is 15.6 Å². The molecule has 4 rings (SSSR count). The zero-order valence-electron chi connectivity index (χ0n) is 18.3. The molecule has 178 valence electrons. The SMILES string of the molecule is Cc1c(Cl)cccc1S(=O)(=O)Nc1ccc(Cl)c(C(C2CCCCC2)C2CCNC2=O)c1Cl. The highest BCUT2D eigenvalue weighted by Crippen LogP contribution is 2.49. The molecule has 1 aliphatic heterocycles. The summed E-state index contributed by atoms with van der Waals surface area (Å²) in [4.78, 5) is 12.8. The molecule has 33 heavy (non-hydrogen) atoms. The fourth-order valence-electron chi connectivity index (χ4n) is 5.25. The molecule has 0 bridgehead atoms. The van der Waals surface area contributed by atoms with Crippen LogP contribution in [0, 0.1) is 18.8 Å². The van der Waals surface area contributed by atoms with Crippen LogP contribution in [0.5, 0.6) is 0 Å². The number of hydrogen-bond acceptors (Lipinski definition) is 3. The van der Waals surface area contributed by atoms with Crippen molar-refractivity contribution in [2.45, 2.75) is 56.3 Å². The quantitative estimate of drug-likeness (QED) is 0.445. The first-order chi connectivity index (χ1) is 15.7.